The maximum atomic E-state index is 11.7. The van der Waals surface area contributed by atoms with Gasteiger partial charge < -0.3 is 10.6 Å². The molecule has 2 aromatic rings. The number of carbonyl (C=O) groups is 1. The molecule has 1 fully saturated rings. The average molecular weight is 254 g/mol. The molecular formula is C16H18N2O. The molecule has 2 aromatic carbocycles. The first-order chi connectivity index (χ1) is 9.33. The highest BCUT2D eigenvalue weighted by molar-refractivity contribution is 5.86. The van der Waals surface area contributed by atoms with E-state index >= 15 is 0 Å². The van der Waals surface area contributed by atoms with Gasteiger partial charge >= 0.3 is 0 Å². The Morgan fingerprint density at radius 2 is 1.89 bits per heavy atom. The van der Waals surface area contributed by atoms with Gasteiger partial charge in [0.2, 0.25) is 5.91 Å². The van der Waals surface area contributed by atoms with Crippen LogP contribution in [0.25, 0.3) is 10.8 Å². The Labute approximate surface area is 113 Å². The molecule has 98 valence electrons. The third-order valence-corrected chi connectivity index (χ3v) is 3.48. The summed E-state index contributed by atoms with van der Waals surface area (Å²) >= 11 is 0. The monoisotopic (exact) mass is 254 g/mol. The third-order valence-electron chi connectivity index (χ3n) is 3.48. The molecule has 3 heteroatoms. The highest BCUT2D eigenvalue weighted by Crippen LogP contribution is 2.19. The highest BCUT2D eigenvalue weighted by atomic mass is 16.1. The van der Waals surface area contributed by atoms with Crippen molar-refractivity contribution in [1.29, 1.82) is 0 Å². The maximum absolute atomic E-state index is 11.7. The van der Waals surface area contributed by atoms with Gasteiger partial charge in [-0.2, -0.15) is 0 Å². The Hall–Kier alpha value is -1.87. The van der Waals surface area contributed by atoms with Crippen LogP contribution in [0.3, 0.4) is 0 Å². The van der Waals surface area contributed by atoms with Crippen LogP contribution in [0.4, 0.5) is 0 Å². The smallest absolute Gasteiger partial charge is 0.234 e. The quantitative estimate of drug-likeness (QED) is 0.859. The molecule has 2 N–H and O–H groups in total. The van der Waals surface area contributed by atoms with Gasteiger partial charge in [0.25, 0.3) is 0 Å². The van der Waals surface area contributed by atoms with Crippen LogP contribution >= 0.6 is 0 Å². The average Bonchev–Trinajstić information content (AvgIpc) is 3.27. The number of benzene rings is 2. The molecule has 0 atom stereocenters. The molecule has 19 heavy (non-hydrogen) atoms. The molecule has 0 heterocycles. The van der Waals surface area contributed by atoms with Crippen LogP contribution in [0, 0.1) is 0 Å². The zero-order chi connectivity index (χ0) is 13.1. The summed E-state index contributed by atoms with van der Waals surface area (Å²) in [5, 5.41) is 8.61. The SMILES string of the molecule is O=C(CNC1CC1)NCc1cccc2ccccc12. The van der Waals surface area contributed by atoms with Gasteiger partial charge in [0.1, 0.15) is 0 Å². The van der Waals surface area contributed by atoms with Crippen LogP contribution in [-0.4, -0.2) is 18.5 Å². The first-order valence-corrected chi connectivity index (χ1v) is 6.79. The molecule has 0 spiro atoms. The second kappa shape index (κ2) is 5.41. The predicted molar refractivity (Wildman–Crippen MR) is 76.8 cm³/mol. The van der Waals surface area contributed by atoms with Crippen LogP contribution in [-0.2, 0) is 11.3 Å². The highest BCUT2D eigenvalue weighted by Gasteiger charge is 2.20. The van der Waals surface area contributed by atoms with Crippen LogP contribution in [0.15, 0.2) is 42.5 Å². The van der Waals surface area contributed by atoms with Gasteiger partial charge in [-0.05, 0) is 29.2 Å². The molecule has 1 amide bonds. The summed E-state index contributed by atoms with van der Waals surface area (Å²) in [6, 6.07) is 15.0. The summed E-state index contributed by atoms with van der Waals surface area (Å²) in [4.78, 5) is 11.7. The Balaban J connectivity index is 1.62. The number of hydrogen-bond acceptors (Lipinski definition) is 2. The van der Waals surface area contributed by atoms with E-state index < -0.39 is 0 Å². The molecule has 1 aliphatic carbocycles. The summed E-state index contributed by atoms with van der Waals surface area (Å²) in [5.74, 6) is 0.0693. The summed E-state index contributed by atoms with van der Waals surface area (Å²) < 4.78 is 0. The lowest BCUT2D eigenvalue weighted by Gasteiger charge is -2.09. The van der Waals surface area contributed by atoms with Gasteiger partial charge in [0.05, 0.1) is 6.54 Å². The maximum Gasteiger partial charge on any atom is 0.234 e. The summed E-state index contributed by atoms with van der Waals surface area (Å²) in [5.41, 5.74) is 1.16. The van der Waals surface area contributed by atoms with E-state index in [1.54, 1.807) is 0 Å². The molecule has 0 aliphatic heterocycles. The minimum Gasteiger partial charge on any atom is -0.351 e. The van der Waals surface area contributed by atoms with E-state index in [1.165, 1.54) is 23.6 Å². The molecule has 3 nitrogen and oxygen atoms in total. The normalized spacial score (nSPS) is 14.5. The first kappa shape index (κ1) is 12.2. The van der Waals surface area contributed by atoms with Crippen molar-refractivity contribution in [1.82, 2.24) is 10.6 Å². The molecule has 0 radical (unpaired) electrons. The van der Waals surface area contributed by atoms with E-state index in [9.17, 15) is 4.79 Å². The van der Waals surface area contributed by atoms with Gasteiger partial charge in [-0.1, -0.05) is 42.5 Å². The summed E-state index contributed by atoms with van der Waals surface area (Å²) in [7, 11) is 0. The number of amides is 1. The Morgan fingerprint density at radius 1 is 1.11 bits per heavy atom. The number of hydrogen-bond donors (Lipinski definition) is 2. The zero-order valence-corrected chi connectivity index (χ0v) is 10.9. The van der Waals surface area contributed by atoms with E-state index in [1.807, 2.05) is 18.2 Å². The minimum absolute atomic E-state index is 0.0693. The van der Waals surface area contributed by atoms with Crippen molar-refractivity contribution in [2.24, 2.45) is 0 Å². The van der Waals surface area contributed by atoms with E-state index in [0.717, 1.165) is 5.56 Å². The van der Waals surface area contributed by atoms with Crippen LogP contribution in [0.5, 0.6) is 0 Å². The topological polar surface area (TPSA) is 41.1 Å². The lowest BCUT2D eigenvalue weighted by Crippen LogP contribution is -2.34. The summed E-state index contributed by atoms with van der Waals surface area (Å²) in [6.45, 7) is 1.02. The van der Waals surface area contributed by atoms with Gasteiger partial charge in [-0.25, -0.2) is 0 Å². The van der Waals surface area contributed by atoms with Crippen LogP contribution < -0.4 is 10.6 Å². The predicted octanol–water partition coefficient (Wildman–Crippen LogP) is 2.21. The van der Waals surface area contributed by atoms with Crippen molar-refractivity contribution in [3.05, 3.63) is 48.0 Å². The number of carbonyl (C=O) groups excluding carboxylic acids is 1. The number of rotatable bonds is 5. The molecule has 0 saturated heterocycles. The van der Waals surface area contributed by atoms with Gasteiger partial charge in [-0.3, -0.25) is 4.79 Å². The van der Waals surface area contributed by atoms with Crippen molar-refractivity contribution in [2.75, 3.05) is 6.54 Å². The molecule has 1 aliphatic rings. The van der Waals surface area contributed by atoms with Crippen molar-refractivity contribution in [3.8, 4) is 0 Å². The minimum atomic E-state index is 0.0693. The Kier molecular flexibility index (Phi) is 3.47. The standard InChI is InChI=1S/C16H18N2O/c19-16(11-17-14-8-9-14)18-10-13-6-3-5-12-4-1-2-7-15(12)13/h1-7,14,17H,8-11H2,(H,18,19). The van der Waals surface area contributed by atoms with Crippen LogP contribution in [0.1, 0.15) is 18.4 Å². The lowest BCUT2D eigenvalue weighted by molar-refractivity contribution is -0.120. The van der Waals surface area contributed by atoms with Gasteiger partial charge in [0, 0.05) is 12.6 Å². The molecule has 3 rings (SSSR count). The van der Waals surface area contributed by atoms with Crippen LogP contribution in [0.2, 0.25) is 0 Å². The lowest BCUT2D eigenvalue weighted by atomic mass is 10.0. The number of fused-ring (bicyclic) bond motifs is 1. The van der Waals surface area contributed by atoms with Crippen molar-refractivity contribution in [3.63, 3.8) is 0 Å². The zero-order valence-electron chi connectivity index (χ0n) is 10.9. The fraction of sp³-hybridized carbons (Fsp3) is 0.312. The third kappa shape index (κ3) is 3.12. The fourth-order valence-electron chi connectivity index (χ4n) is 2.23. The number of nitrogens with one attached hydrogen (secondary N) is 2. The molecule has 0 bridgehead atoms. The summed E-state index contributed by atoms with van der Waals surface area (Å²) in [6.07, 6.45) is 2.41. The van der Waals surface area contributed by atoms with E-state index in [-0.39, 0.29) is 5.91 Å². The molecular weight excluding hydrogens is 236 g/mol. The molecule has 1 saturated carbocycles. The Morgan fingerprint density at radius 3 is 2.74 bits per heavy atom. The Bertz CT molecular complexity index is 585. The largest absolute Gasteiger partial charge is 0.351 e. The molecule has 0 unspecified atom stereocenters. The first-order valence-electron chi connectivity index (χ1n) is 6.79. The van der Waals surface area contributed by atoms with Gasteiger partial charge in [-0.15, -0.1) is 0 Å². The van der Waals surface area contributed by atoms with Crippen molar-refractivity contribution >= 4 is 16.7 Å². The fourth-order valence-corrected chi connectivity index (χ4v) is 2.23. The van der Waals surface area contributed by atoms with Crippen molar-refractivity contribution in [2.45, 2.75) is 25.4 Å². The molecule has 0 aromatic heterocycles. The van der Waals surface area contributed by atoms with E-state index in [0.29, 0.717) is 19.1 Å². The second-order valence-electron chi connectivity index (χ2n) is 5.07. The van der Waals surface area contributed by atoms with E-state index in [2.05, 4.69) is 34.9 Å². The van der Waals surface area contributed by atoms with E-state index in [4.69, 9.17) is 0 Å². The second-order valence-corrected chi connectivity index (χ2v) is 5.07. The van der Waals surface area contributed by atoms with Crippen molar-refractivity contribution < 1.29 is 4.79 Å². The van der Waals surface area contributed by atoms with Gasteiger partial charge in [0.15, 0.2) is 0 Å².